The van der Waals surface area contributed by atoms with Gasteiger partial charge in [-0.3, -0.25) is 4.79 Å². The van der Waals surface area contributed by atoms with Crippen molar-refractivity contribution in [3.8, 4) is 5.75 Å². The van der Waals surface area contributed by atoms with Crippen molar-refractivity contribution in [2.75, 3.05) is 18.5 Å². The van der Waals surface area contributed by atoms with Crippen LogP contribution in [-0.4, -0.2) is 24.7 Å². The van der Waals surface area contributed by atoms with Crippen LogP contribution in [0.1, 0.15) is 47.0 Å². The summed E-state index contributed by atoms with van der Waals surface area (Å²) in [5.41, 5.74) is -0.0432. The molecule has 0 fully saturated rings. The molecule has 1 amide bonds. The molecule has 2 aromatic carbocycles. The monoisotopic (exact) mass is 343 g/mol. The highest BCUT2D eigenvalue weighted by Gasteiger charge is 2.32. The van der Waals surface area contributed by atoms with Crippen molar-refractivity contribution in [1.29, 1.82) is 0 Å². The molecule has 0 saturated heterocycles. The van der Waals surface area contributed by atoms with Crippen molar-refractivity contribution < 1.29 is 14.3 Å². The van der Waals surface area contributed by atoms with E-state index < -0.39 is 5.60 Å². The summed E-state index contributed by atoms with van der Waals surface area (Å²) in [6.45, 7) is 9.18. The molecule has 4 heteroatoms. The second kappa shape index (κ2) is 8.86. The van der Waals surface area contributed by atoms with Gasteiger partial charge in [0, 0.05) is 23.1 Å². The molecule has 2 rings (SSSR count). The topological polar surface area (TPSA) is 47.6 Å². The Morgan fingerprint density at radius 2 is 1.68 bits per heavy atom. The molecule has 0 bridgehead atoms. The van der Waals surface area contributed by atoms with Crippen LogP contribution in [0.15, 0.2) is 36.4 Å². The van der Waals surface area contributed by atoms with E-state index in [4.69, 9.17) is 9.47 Å². The summed E-state index contributed by atoms with van der Waals surface area (Å²) >= 11 is 0. The Morgan fingerprint density at radius 3 is 2.32 bits per heavy atom. The minimum Gasteiger partial charge on any atom is -0.493 e. The molecule has 4 nitrogen and oxygen atoms in total. The lowest BCUT2D eigenvalue weighted by atomic mass is 10.0. The van der Waals surface area contributed by atoms with Gasteiger partial charge in [0.25, 0.3) is 5.91 Å². The summed E-state index contributed by atoms with van der Waals surface area (Å²) in [4.78, 5) is 12.8. The van der Waals surface area contributed by atoms with Crippen molar-refractivity contribution in [2.45, 2.75) is 52.6 Å². The Kier molecular flexibility index (Phi) is 6.82. The van der Waals surface area contributed by atoms with Gasteiger partial charge < -0.3 is 14.8 Å². The highest BCUT2D eigenvalue weighted by molar-refractivity contribution is 6.06. The minimum atomic E-state index is -0.825. The van der Waals surface area contributed by atoms with Gasteiger partial charge in [-0.15, -0.1) is 0 Å². The van der Waals surface area contributed by atoms with Gasteiger partial charge in [-0.1, -0.05) is 45.0 Å². The second-order valence-corrected chi connectivity index (χ2v) is 6.39. The third-order valence-electron chi connectivity index (χ3n) is 4.37. The van der Waals surface area contributed by atoms with Gasteiger partial charge in [-0.2, -0.15) is 0 Å². The molecule has 1 N–H and O–H groups in total. The number of benzene rings is 2. The number of nitrogens with one attached hydrogen (secondary N) is 1. The smallest absolute Gasteiger partial charge is 0.256 e. The number of hydrogen-bond acceptors (Lipinski definition) is 3. The molecule has 136 valence electrons. The summed E-state index contributed by atoms with van der Waals surface area (Å²) in [5, 5.41) is 5.02. The Morgan fingerprint density at radius 1 is 1.00 bits per heavy atom. The maximum atomic E-state index is 12.8. The second-order valence-electron chi connectivity index (χ2n) is 6.39. The lowest BCUT2D eigenvalue weighted by Gasteiger charge is -2.27. The molecule has 0 aliphatic carbocycles. The van der Waals surface area contributed by atoms with Crippen molar-refractivity contribution in [3.63, 3.8) is 0 Å². The van der Waals surface area contributed by atoms with E-state index in [0.29, 0.717) is 19.6 Å². The minimum absolute atomic E-state index is 0.115. The fourth-order valence-electron chi connectivity index (χ4n) is 2.63. The SMILES string of the molecule is CCCOc1ccc(NC(=O)C(C)(CC)OCCC)c2ccccc12. The summed E-state index contributed by atoms with van der Waals surface area (Å²) in [5.74, 6) is 0.728. The molecule has 0 radical (unpaired) electrons. The molecule has 1 atom stereocenters. The lowest BCUT2D eigenvalue weighted by Crippen LogP contribution is -2.42. The first kappa shape index (κ1) is 19.3. The van der Waals surface area contributed by atoms with E-state index in [1.165, 1.54) is 0 Å². The van der Waals surface area contributed by atoms with Crippen molar-refractivity contribution in [2.24, 2.45) is 0 Å². The summed E-state index contributed by atoms with van der Waals surface area (Å²) < 4.78 is 11.6. The zero-order chi connectivity index (χ0) is 18.3. The molecular formula is C21H29NO3. The fourth-order valence-corrected chi connectivity index (χ4v) is 2.63. The first-order chi connectivity index (χ1) is 12.1. The Hall–Kier alpha value is -2.07. The van der Waals surface area contributed by atoms with Crippen LogP contribution in [0.3, 0.4) is 0 Å². The number of hydrogen-bond donors (Lipinski definition) is 1. The molecule has 25 heavy (non-hydrogen) atoms. The van der Waals surface area contributed by atoms with E-state index in [9.17, 15) is 4.79 Å². The number of anilines is 1. The number of fused-ring (bicyclic) bond motifs is 1. The van der Waals surface area contributed by atoms with Gasteiger partial charge in [0.15, 0.2) is 0 Å². The van der Waals surface area contributed by atoms with Crippen molar-refractivity contribution >= 4 is 22.4 Å². The fraction of sp³-hybridized carbons (Fsp3) is 0.476. The number of carbonyl (C=O) groups is 1. The number of carbonyl (C=O) groups excluding carboxylic acids is 1. The van der Waals surface area contributed by atoms with E-state index in [0.717, 1.165) is 35.1 Å². The largest absolute Gasteiger partial charge is 0.493 e. The van der Waals surface area contributed by atoms with Crippen LogP contribution in [-0.2, 0) is 9.53 Å². The maximum absolute atomic E-state index is 12.8. The van der Waals surface area contributed by atoms with Crippen LogP contribution >= 0.6 is 0 Å². The average molecular weight is 343 g/mol. The van der Waals surface area contributed by atoms with Crippen LogP contribution in [0.4, 0.5) is 5.69 Å². The number of ether oxygens (including phenoxy) is 2. The first-order valence-corrected chi connectivity index (χ1v) is 9.15. The average Bonchev–Trinajstić information content (AvgIpc) is 2.65. The Balaban J connectivity index is 2.30. The zero-order valence-electron chi connectivity index (χ0n) is 15.7. The van der Waals surface area contributed by atoms with Gasteiger partial charge >= 0.3 is 0 Å². The highest BCUT2D eigenvalue weighted by Crippen LogP contribution is 2.32. The number of amides is 1. The van der Waals surface area contributed by atoms with Crippen LogP contribution in [0.2, 0.25) is 0 Å². The van der Waals surface area contributed by atoms with Crippen LogP contribution < -0.4 is 10.1 Å². The molecule has 0 aliphatic heterocycles. The van der Waals surface area contributed by atoms with Crippen molar-refractivity contribution in [3.05, 3.63) is 36.4 Å². The highest BCUT2D eigenvalue weighted by atomic mass is 16.5. The van der Waals surface area contributed by atoms with Gasteiger partial charge in [0.1, 0.15) is 11.4 Å². The summed E-state index contributed by atoms with van der Waals surface area (Å²) in [6.07, 6.45) is 2.46. The maximum Gasteiger partial charge on any atom is 0.256 e. The van der Waals surface area contributed by atoms with Crippen LogP contribution in [0.5, 0.6) is 5.75 Å². The Labute approximate surface area is 150 Å². The van der Waals surface area contributed by atoms with Gasteiger partial charge in [-0.05, 0) is 38.3 Å². The van der Waals surface area contributed by atoms with Crippen molar-refractivity contribution in [1.82, 2.24) is 0 Å². The normalized spacial score (nSPS) is 13.4. The summed E-state index contributed by atoms with van der Waals surface area (Å²) in [6, 6.07) is 11.8. The molecule has 2 aromatic rings. The third kappa shape index (κ3) is 4.51. The van der Waals surface area contributed by atoms with E-state index in [1.54, 1.807) is 0 Å². The van der Waals surface area contributed by atoms with Crippen LogP contribution in [0, 0.1) is 0 Å². The molecule has 0 aliphatic rings. The van der Waals surface area contributed by atoms with E-state index in [1.807, 2.05) is 57.2 Å². The predicted molar refractivity (Wildman–Crippen MR) is 103 cm³/mol. The number of rotatable bonds is 9. The lowest BCUT2D eigenvalue weighted by molar-refractivity contribution is -0.139. The third-order valence-corrected chi connectivity index (χ3v) is 4.37. The van der Waals surface area contributed by atoms with E-state index in [-0.39, 0.29) is 5.91 Å². The molecule has 0 aromatic heterocycles. The van der Waals surface area contributed by atoms with Crippen LogP contribution in [0.25, 0.3) is 10.8 Å². The predicted octanol–water partition coefficient (Wildman–Crippen LogP) is 5.16. The Bertz CT molecular complexity index is 713. The van der Waals surface area contributed by atoms with Gasteiger partial charge in [0.05, 0.1) is 6.61 Å². The molecule has 0 heterocycles. The van der Waals surface area contributed by atoms with Gasteiger partial charge in [0.2, 0.25) is 0 Å². The van der Waals surface area contributed by atoms with E-state index in [2.05, 4.69) is 12.2 Å². The molecule has 0 saturated carbocycles. The zero-order valence-corrected chi connectivity index (χ0v) is 15.7. The quantitative estimate of drug-likeness (QED) is 0.684. The molecule has 0 spiro atoms. The molecular weight excluding hydrogens is 314 g/mol. The van der Waals surface area contributed by atoms with Gasteiger partial charge in [-0.25, -0.2) is 0 Å². The first-order valence-electron chi connectivity index (χ1n) is 9.15. The standard InChI is InChI=1S/C21H29NO3/c1-5-14-24-19-13-12-18(16-10-8-9-11-17(16)19)22-20(23)21(4,7-3)25-15-6-2/h8-13H,5-7,14-15H2,1-4H3,(H,22,23). The summed E-state index contributed by atoms with van der Waals surface area (Å²) in [7, 11) is 0. The van der Waals surface area contributed by atoms with E-state index >= 15 is 0 Å². The molecule has 1 unspecified atom stereocenters.